The lowest BCUT2D eigenvalue weighted by atomic mass is 9.63. The minimum Gasteiger partial charge on any atom is -0.325 e. The van der Waals surface area contributed by atoms with Crippen molar-refractivity contribution in [3.8, 4) is 0 Å². The Morgan fingerprint density at radius 2 is 1.60 bits per heavy atom. The van der Waals surface area contributed by atoms with Crippen LogP contribution >= 0.6 is 0 Å². The van der Waals surface area contributed by atoms with Gasteiger partial charge in [-0.25, -0.2) is 4.39 Å². The number of hydrogen-bond acceptors (Lipinski definition) is 3. The number of rotatable bonds is 3. The minimum atomic E-state index is -0.447. The fourth-order valence-corrected chi connectivity index (χ4v) is 5.05. The van der Waals surface area contributed by atoms with Gasteiger partial charge in [0.1, 0.15) is 12.4 Å². The predicted molar refractivity (Wildman–Crippen MR) is 86.4 cm³/mol. The number of allylic oxidation sites excluding steroid dienone is 2. The van der Waals surface area contributed by atoms with Crippen molar-refractivity contribution in [3.05, 3.63) is 42.2 Å². The molecule has 6 atom stereocenters. The molecule has 6 heteroatoms. The number of imide groups is 1. The van der Waals surface area contributed by atoms with Crippen molar-refractivity contribution >= 4 is 23.4 Å². The number of nitrogens with zero attached hydrogens (tertiary/aromatic N) is 1. The topological polar surface area (TPSA) is 66.5 Å². The van der Waals surface area contributed by atoms with E-state index in [9.17, 15) is 18.8 Å². The van der Waals surface area contributed by atoms with Crippen LogP contribution in [0.25, 0.3) is 0 Å². The van der Waals surface area contributed by atoms with Gasteiger partial charge in [0.2, 0.25) is 17.7 Å². The maximum atomic E-state index is 12.9. The number of benzene rings is 1. The van der Waals surface area contributed by atoms with Gasteiger partial charge in [0, 0.05) is 5.69 Å². The van der Waals surface area contributed by atoms with E-state index in [-0.39, 0.29) is 42.0 Å². The maximum Gasteiger partial charge on any atom is 0.244 e. The Hall–Kier alpha value is -2.50. The van der Waals surface area contributed by atoms with Crippen LogP contribution < -0.4 is 5.32 Å². The molecule has 1 aliphatic heterocycles. The van der Waals surface area contributed by atoms with Gasteiger partial charge in [-0.3, -0.25) is 19.3 Å². The number of anilines is 1. The van der Waals surface area contributed by atoms with E-state index in [0.717, 1.165) is 11.3 Å². The van der Waals surface area contributed by atoms with Crippen LogP contribution in [-0.2, 0) is 14.4 Å². The number of amides is 3. The summed E-state index contributed by atoms with van der Waals surface area (Å²) in [4.78, 5) is 38.9. The monoisotopic (exact) mass is 340 g/mol. The Balaban J connectivity index is 1.32. The molecule has 5 nitrogen and oxygen atoms in total. The number of carbonyl (C=O) groups is 3. The van der Waals surface area contributed by atoms with Gasteiger partial charge < -0.3 is 5.32 Å². The summed E-state index contributed by atoms with van der Waals surface area (Å²) in [6.45, 7) is -0.281. The molecule has 3 amide bonds. The molecule has 1 aromatic carbocycles. The highest BCUT2D eigenvalue weighted by molar-refractivity contribution is 6.09. The molecule has 1 N–H and O–H groups in total. The van der Waals surface area contributed by atoms with Crippen LogP contribution in [0.1, 0.15) is 6.42 Å². The number of carbonyl (C=O) groups excluding carboxylic acids is 3. The third-order valence-electron chi connectivity index (χ3n) is 6.18. The fourth-order valence-electron chi connectivity index (χ4n) is 5.05. The standard InChI is InChI=1S/C19H17FN2O3/c20-9-1-3-10(4-2-9)21-15(23)8-22-18(24)16-11-5-6-12(14-7-13(11)14)17(16)19(22)25/h1-6,11-14,16-17H,7-8H2,(H,21,23)/t11-,12+,13-,14-,16+,17-/m1/s1. The zero-order valence-corrected chi connectivity index (χ0v) is 13.4. The second-order valence-corrected chi connectivity index (χ2v) is 7.47. The first kappa shape index (κ1) is 14.8. The van der Waals surface area contributed by atoms with Crippen LogP contribution in [-0.4, -0.2) is 29.2 Å². The lowest BCUT2D eigenvalue weighted by Crippen LogP contribution is -2.40. The summed E-state index contributed by atoms with van der Waals surface area (Å²) in [5.74, 6) is -0.450. The molecule has 0 aromatic heterocycles. The molecule has 1 aromatic rings. The Bertz CT molecular complexity index is 782. The van der Waals surface area contributed by atoms with Crippen LogP contribution in [0, 0.1) is 41.3 Å². The van der Waals surface area contributed by atoms with Gasteiger partial charge in [-0.1, -0.05) is 12.2 Å². The molecule has 6 rings (SSSR count). The second-order valence-electron chi connectivity index (χ2n) is 7.47. The average molecular weight is 340 g/mol. The summed E-state index contributed by atoms with van der Waals surface area (Å²) < 4.78 is 12.9. The SMILES string of the molecule is O=C(CN1C(=O)[C@@H]2[C@H]3C=C[C@H]([C@H]4C[C@H]34)[C@@H]2C1=O)Nc1ccc(F)cc1. The minimum absolute atomic E-state index is 0.154. The summed E-state index contributed by atoms with van der Waals surface area (Å²) >= 11 is 0. The van der Waals surface area contributed by atoms with Crippen molar-refractivity contribution in [2.75, 3.05) is 11.9 Å². The fraction of sp³-hybridized carbons (Fsp3) is 0.421. The van der Waals surface area contributed by atoms with Gasteiger partial charge in [0.25, 0.3) is 0 Å². The second kappa shape index (κ2) is 5.00. The van der Waals surface area contributed by atoms with Gasteiger partial charge in [-0.2, -0.15) is 0 Å². The predicted octanol–water partition coefficient (Wildman–Crippen LogP) is 1.82. The Morgan fingerprint density at radius 3 is 2.16 bits per heavy atom. The first-order valence-corrected chi connectivity index (χ1v) is 8.63. The molecule has 4 aliphatic carbocycles. The Labute approximate surface area is 143 Å². The van der Waals surface area contributed by atoms with Crippen molar-refractivity contribution in [3.63, 3.8) is 0 Å². The lowest BCUT2D eigenvalue weighted by Gasteiger charge is -2.37. The quantitative estimate of drug-likeness (QED) is 0.674. The normalized spacial score (nSPS) is 37.1. The molecule has 0 spiro atoms. The van der Waals surface area contributed by atoms with Gasteiger partial charge in [0.05, 0.1) is 11.8 Å². The number of hydrogen-bond donors (Lipinski definition) is 1. The van der Waals surface area contributed by atoms with Crippen molar-refractivity contribution in [2.45, 2.75) is 6.42 Å². The van der Waals surface area contributed by atoms with Crippen LogP contribution in [0.4, 0.5) is 10.1 Å². The van der Waals surface area contributed by atoms with E-state index < -0.39 is 11.7 Å². The Kier molecular flexibility index (Phi) is 2.96. The van der Waals surface area contributed by atoms with Crippen LogP contribution in [0.5, 0.6) is 0 Å². The highest BCUT2D eigenvalue weighted by Crippen LogP contribution is 2.65. The van der Waals surface area contributed by atoms with E-state index in [0.29, 0.717) is 17.5 Å². The molecule has 0 unspecified atom stereocenters. The maximum absolute atomic E-state index is 12.9. The highest BCUT2D eigenvalue weighted by Gasteiger charge is 2.67. The molecule has 2 saturated carbocycles. The molecule has 1 heterocycles. The molecular weight excluding hydrogens is 323 g/mol. The smallest absolute Gasteiger partial charge is 0.244 e. The zero-order valence-electron chi connectivity index (χ0n) is 13.4. The molecule has 128 valence electrons. The van der Waals surface area contributed by atoms with Crippen LogP contribution in [0.15, 0.2) is 36.4 Å². The third kappa shape index (κ3) is 2.09. The first-order chi connectivity index (χ1) is 12.0. The number of likely N-dealkylation sites (tertiary alicyclic amines) is 1. The van der Waals surface area contributed by atoms with Crippen LogP contribution in [0.2, 0.25) is 0 Å². The van der Waals surface area contributed by atoms with Crippen LogP contribution in [0.3, 0.4) is 0 Å². The molecule has 0 radical (unpaired) electrons. The molecule has 1 saturated heterocycles. The number of nitrogens with one attached hydrogen (secondary N) is 1. The lowest BCUT2D eigenvalue weighted by molar-refractivity contribution is -0.142. The van der Waals surface area contributed by atoms with Gasteiger partial charge in [-0.05, 0) is 54.4 Å². The van der Waals surface area contributed by atoms with Crippen molar-refractivity contribution in [1.82, 2.24) is 4.90 Å². The van der Waals surface area contributed by atoms with Gasteiger partial charge >= 0.3 is 0 Å². The van der Waals surface area contributed by atoms with Crippen molar-refractivity contribution in [2.24, 2.45) is 35.5 Å². The molecule has 3 fully saturated rings. The van der Waals surface area contributed by atoms with Gasteiger partial charge in [0.15, 0.2) is 0 Å². The highest BCUT2D eigenvalue weighted by atomic mass is 19.1. The molecular formula is C19H17FN2O3. The zero-order chi connectivity index (χ0) is 17.3. The Morgan fingerprint density at radius 1 is 1.04 bits per heavy atom. The average Bonchev–Trinajstić information content (AvgIpc) is 3.38. The summed E-state index contributed by atoms with van der Waals surface area (Å²) in [6.07, 6.45) is 5.32. The largest absolute Gasteiger partial charge is 0.325 e. The summed E-state index contributed by atoms with van der Waals surface area (Å²) in [5, 5.41) is 2.61. The summed E-state index contributed by atoms with van der Waals surface area (Å²) in [5.41, 5.74) is 0.436. The molecule has 25 heavy (non-hydrogen) atoms. The first-order valence-electron chi connectivity index (χ1n) is 8.63. The van der Waals surface area contributed by atoms with Crippen molar-refractivity contribution in [1.29, 1.82) is 0 Å². The molecule has 2 bridgehead atoms. The van der Waals surface area contributed by atoms with E-state index in [1.165, 1.54) is 24.3 Å². The van der Waals surface area contributed by atoms with E-state index in [1.54, 1.807) is 0 Å². The molecule has 5 aliphatic rings. The van der Waals surface area contributed by atoms with Gasteiger partial charge in [-0.15, -0.1) is 0 Å². The van der Waals surface area contributed by atoms with E-state index >= 15 is 0 Å². The van der Waals surface area contributed by atoms with E-state index in [2.05, 4.69) is 17.5 Å². The number of halogens is 1. The third-order valence-corrected chi connectivity index (χ3v) is 6.18. The summed E-state index contributed by atoms with van der Waals surface area (Å²) in [7, 11) is 0. The van der Waals surface area contributed by atoms with E-state index in [1.807, 2.05) is 0 Å². The van der Waals surface area contributed by atoms with Crippen molar-refractivity contribution < 1.29 is 18.8 Å². The van der Waals surface area contributed by atoms with E-state index in [4.69, 9.17) is 0 Å². The summed E-state index contributed by atoms with van der Waals surface area (Å²) in [6, 6.07) is 5.37.